The van der Waals surface area contributed by atoms with E-state index in [1.54, 1.807) is 6.20 Å². The first-order valence-electron chi connectivity index (χ1n) is 7.36. The Bertz CT molecular complexity index is 449. The molecular formula is C15H28N4O2. The largest absolute Gasteiger partial charge is 0.444 e. The number of nitrogens with one attached hydrogen (secondary N) is 2. The fraction of sp³-hybridized carbons (Fsp3) is 0.733. The van der Waals surface area contributed by atoms with E-state index < -0.39 is 5.60 Å². The highest BCUT2D eigenvalue weighted by Gasteiger charge is 2.19. The van der Waals surface area contributed by atoms with Crippen LogP contribution >= 0.6 is 0 Å². The van der Waals surface area contributed by atoms with Crippen LogP contribution in [0.4, 0.5) is 4.79 Å². The molecule has 1 heterocycles. The minimum Gasteiger partial charge on any atom is -0.444 e. The lowest BCUT2D eigenvalue weighted by atomic mass is 10.0. The van der Waals surface area contributed by atoms with Crippen LogP contribution in [0.1, 0.15) is 40.3 Å². The van der Waals surface area contributed by atoms with Crippen LogP contribution in [0, 0.1) is 5.92 Å². The molecule has 1 aromatic rings. The van der Waals surface area contributed by atoms with Crippen LogP contribution in [0.15, 0.2) is 12.3 Å². The van der Waals surface area contributed by atoms with Gasteiger partial charge in [0, 0.05) is 32.4 Å². The van der Waals surface area contributed by atoms with E-state index >= 15 is 0 Å². The smallest absolute Gasteiger partial charge is 0.407 e. The Labute approximate surface area is 127 Å². The van der Waals surface area contributed by atoms with E-state index in [9.17, 15) is 4.79 Å². The molecule has 0 aromatic carbocycles. The number of hydrogen-bond acceptors (Lipinski definition) is 4. The van der Waals surface area contributed by atoms with Crippen molar-refractivity contribution < 1.29 is 9.53 Å². The number of aryl methyl sites for hydroxylation is 1. The molecule has 6 nitrogen and oxygen atoms in total. The molecule has 1 aromatic heterocycles. The van der Waals surface area contributed by atoms with Gasteiger partial charge in [-0.25, -0.2) is 4.79 Å². The van der Waals surface area contributed by atoms with E-state index in [0.29, 0.717) is 12.5 Å². The third-order valence-corrected chi connectivity index (χ3v) is 3.14. The van der Waals surface area contributed by atoms with Crippen molar-refractivity contribution in [1.29, 1.82) is 0 Å². The number of amides is 1. The topological polar surface area (TPSA) is 68.2 Å². The summed E-state index contributed by atoms with van der Waals surface area (Å²) in [5.74, 6) is 0.396. The van der Waals surface area contributed by atoms with Crippen molar-refractivity contribution in [1.82, 2.24) is 20.4 Å². The third-order valence-electron chi connectivity index (χ3n) is 3.14. The van der Waals surface area contributed by atoms with Gasteiger partial charge in [-0.05, 0) is 32.8 Å². The minimum absolute atomic E-state index is 0.174. The lowest BCUT2D eigenvalue weighted by molar-refractivity contribution is 0.0519. The minimum atomic E-state index is -0.473. The Morgan fingerprint density at radius 1 is 1.43 bits per heavy atom. The van der Waals surface area contributed by atoms with Crippen molar-refractivity contribution >= 4 is 6.09 Å². The predicted octanol–water partition coefficient (Wildman–Crippen LogP) is 2.06. The molecule has 0 saturated carbocycles. The van der Waals surface area contributed by atoms with Crippen molar-refractivity contribution in [2.45, 2.75) is 52.8 Å². The van der Waals surface area contributed by atoms with Gasteiger partial charge in [0.05, 0.1) is 5.69 Å². The number of nitrogens with zero attached hydrogens (tertiary/aromatic N) is 2. The van der Waals surface area contributed by atoms with Crippen LogP contribution in [-0.4, -0.2) is 34.1 Å². The van der Waals surface area contributed by atoms with Crippen LogP contribution in [0.25, 0.3) is 0 Å². The Kier molecular flexibility index (Phi) is 6.20. The highest BCUT2D eigenvalue weighted by Crippen LogP contribution is 2.07. The maximum Gasteiger partial charge on any atom is 0.407 e. The Hall–Kier alpha value is -1.56. The molecule has 21 heavy (non-hydrogen) atoms. The second-order valence-electron chi connectivity index (χ2n) is 6.56. The number of alkyl carbamates (subject to hydrolysis) is 1. The van der Waals surface area contributed by atoms with Crippen molar-refractivity contribution in [2.75, 3.05) is 6.54 Å². The molecule has 0 spiro atoms. The van der Waals surface area contributed by atoms with Gasteiger partial charge in [0.25, 0.3) is 0 Å². The zero-order valence-electron chi connectivity index (χ0n) is 13.9. The van der Waals surface area contributed by atoms with Crippen molar-refractivity contribution in [2.24, 2.45) is 13.0 Å². The second-order valence-corrected chi connectivity index (χ2v) is 6.56. The van der Waals surface area contributed by atoms with Gasteiger partial charge in [0.2, 0.25) is 0 Å². The van der Waals surface area contributed by atoms with E-state index in [1.165, 1.54) is 0 Å². The fourth-order valence-electron chi connectivity index (χ4n) is 1.86. The molecule has 0 bridgehead atoms. The standard InChI is InChI=1S/C15H28N4O2/c1-11(2)13(10-17-14(20)21-15(3,4)5)16-9-12-7-8-18-19(12)6/h7-8,11,13,16H,9-10H2,1-6H3,(H,17,20). The number of hydrogen-bond donors (Lipinski definition) is 2. The monoisotopic (exact) mass is 296 g/mol. The maximum atomic E-state index is 11.7. The lowest BCUT2D eigenvalue weighted by Crippen LogP contribution is -2.45. The average Bonchev–Trinajstić information content (AvgIpc) is 2.72. The summed E-state index contributed by atoms with van der Waals surface area (Å²) >= 11 is 0. The van der Waals surface area contributed by atoms with Crippen molar-refractivity contribution in [3.8, 4) is 0 Å². The molecule has 0 radical (unpaired) electrons. The van der Waals surface area contributed by atoms with Gasteiger partial charge < -0.3 is 15.4 Å². The molecule has 1 amide bonds. The summed E-state index contributed by atoms with van der Waals surface area (Å²) in [4.78, 5) is 11.7. The van der Waals surface area contributed by atoms with E-state index in [-0.39, 0.29) is 12.1 Å². The summed E-state index contributed by atoms with van der Waals surface area (Å²) in [7, 11) is 1.92. The normalized spacial score (nSPS) is 13.3. The van der Waals surface area contributed by atoms with Gasteiger partial charge in [-0.3, -0.25) is 4.68 Å². The molecule has 0 saturated heterocycles. The van der Waals surface area contributed by atoms with Crippen LogP contribution in [-0.2, 0) is 18.3 Å². The number of aromatic nitrogens is 2. The Balaban J connectivity index is 2.43. The maximum absolute atomic E-state index is 11.7. The zero-order chi connectivity index (χ0) is 16.0. The molecular weight excluding hydrogens is 268 g/mol. The summed E-state index contributed by atoms with van der Waals surface area (Å²) in [6.45, 7) is 11.1. The predicted molar refractivity (Wildman–Crippen MR) is 82.9 cm³/mol. The fourth-order valence-corrected chi connectivity index (χ4v) is 1.86. The van der Waals surface area contributed by atoms with E-state index in [4.69, 9.17) is 4.74 Å². The summed E-state index contributed by atoms with van der Waals surface area (Å²) in [5.41, 5.74) is 0.637. The second kappa shape index (κ2) is 7.45. The van der Waals surface area contributed by atoms with E-state index in [1.807, 2.05) is 38.6 Å². The highest BCUT2D eigenvalue weighted by molar-refractivity contribution is 5.67. The van der Waals surface area contributed by atoms with Crippen LogP contribution in [0.3, 0.4) is 0 Å². The number of carbonyl (C=O) groups is 1. The first-order valence-corrected chi connectivity index (χ1v) is 7.36. The molecule has 1 rings (SSSR count). The van der Waals surface area contributed by atoms with Crippen LogP contribution in [0.5, 0.6) is 0 Å². The molecule has 2 N–H and O–H groups in total. The Morgan fingerprint density at radius 3 is 2.57 bits per heavy atom. The number of carbonyl (C=O) groups excluding carboxylic acids is 1. The van der Waals surface area contributed by atoms with E-state index in [2.05, 4.69) is 29.6 Å². The van der Waals surface area contributed by atoms with Gasteiger partial charge in [0.15, 0.2) is 0 Å². The number of ether oxygens (including phenoxy) is 1. The molecule has 0 aliphatic rings. The van der Waals surface area contributed by atoms with Crippen molar-refractivity contribution in [3.05, 3.63) is 18.0 Å². The highest BCUT2D eigenvalue weighted by atomic mass is 16.6. The van der Waals surface area contributed by atoms with Crippen molar-refractivity contribution in [3.63, 3.8) is 0 Å². The first-order chi connectivity index (χ1) is 9.69. The summed E-state index contributed by atoms with van der Waals surface area (Å²) in [6.07, 6.45) is 1.40. The summed E-state index contributed by atoms with van der Waals surface area (Å²) in [6, 6.07) is 2.15. The molecule has 1 unspecified atom stereocenters. The molecule has 0 fully saturated rings. The Morgan fingerprint density at radius 2 is 2.10 bits per heavy atom. The first kappa shape index (κ1) is 17.5. The lowest BCUT2D eigenvalue weighted by Gasteiger charge is -2.25. The van der Waals surface area contributed by atoms with Gasteiger partial charge in [0.1, 0.15) is 5.60 Å². The van der Waals surface area contributed by atoms with Gasteiger partial charge in [-0.2, -0.15) is 5.10 Å². The number of rotatable bonds is 6. The molecule has 6 heteroatoms. The third kappa shape index (κ3) is 6.62. The van der Waals surface area contributed by atoms with Gasteiger partial charge in [-0.15, -0.1) is 0 Å². The summed E-state index contributed by atoms with van der Waals surface area (Å²) in [5, 5.41) is 10.4. The van der Waals surface area contributed by atoms with E-state index in [0.717, 1.165) is 12.2 Å². The SMILES string of the molecule is CC(C)C(CNC(=O)OC(C)(C)C)NCc1ccnn1C. The summed E-state index contributed by atoms with van der Waals surface area (Å²) < 4.78 is 7.08. The van der Waals surface area contributed by atoms with Crippen LogP contribution in [0.2, 0.25) is 0 Å². The molecule has 120 valence electrons. The molecule has 0 aliphatic heterocycles. The van der Waals surface area contributed by atoms with Gasteiger partial charge in [-0.1, -0.05) is 13.8 Å². The quantitative estimate of drug-likeness (QED) is 0.843. The van der Waals surface area contributed by atoms with Gasteiger partial charge >= 0.3 is 6.09 Å². The average molecular weight is 296 g/mol. The molecule has 1 atom stereocenters. The zero-order valence-corrected chi connectivity index (χ0v) is 13.9. The van der Waals surface area contributed by atoms with Crippen LogP contribution < -0.4 is 10.6 Å². The molecule has 0 aliphatic carbocycles.